The van der Waals surface area contributed by atoms with Crippen molar-refractivity contribution in [2.24, 2.45) is 0 Å². The first-order valence-electron chi connectivity index (χ1n) is 7.15. The summed E-state index contributed by atoms with van der Waals surface area (Å²) >= 11 is 0. The summed E-state index contributed by atoms with van der Waals surface area (Å²) in [6.07, 6.45) is 6.98. The van der Waals surface area contributed by atoms with Crippen molar-refractivity contribution in [1.82, 2.24) is 15.3 Å². The maximum absolute atomic E-state index is 13.6. The largest absolute Gasteiger partial charge is 0.315 e. The van der Waals surface area contributed by atoms with Crippen LogP contribution < -0.4 is 10.2 Å². The van der Waals surface area contributed by atoms with Crippen LogP contribution in [-0.2, 0) is 13.0 Å². The fourth-order valence-electron chi connectivity index (χ4n) is 2.34. The highest BCUT2D eigenvalue weighted by Gasteiger charge is 2.15. The van der Waals surface area contributed by atoms with Crippen molar-refractivity contribution >= 4 is 5.95 Å². The van der Waals surface area contributed by atoms with Gasteiger partial charge in [-0.3, -0.25) is 0 Å². The number of halogens is 1. The van der Waals surface area contributed by atoms with Gasteiger partial charge in [0.1, 0.15) is 5.83 Å². The molecule has 2 heterocycles. The SMILES string of the molecule is C=C/C=C(F)\C=C(/C)N(CC)c1ncc2c(n1)CCNC2. The Balaban J connectivity index is 2.28. The van der Waals surface area contributed by atoms with Gasteiger partial charge in [-0.15, -0.1) is 0 Å². The highest BCUT2D eigenvalue weighted by atomic mass is 19.1. The van der Waals surface area contributed by atoms with Crippen molar-refractivity contribution in [3.8, 4) is 0 Å². The molecule has 0 aliphatic carbocycles. The molecule has 1 aliphatic heterocycles. The molecule has 0 radical (unpaired) electrons. The molecule has 0 amide bonds. The molecule has 1 aromatic heterocycles. The van der Waals surface area contributed by atoms with Gasteiger partial charge in [-0.2, -0.15) is 0 Å². The third-order valence-corrected chi connectivity index (χ3v) is 3.40. The van der Waals surface area contributed by atoms with Gasteiger partial charge in [0, 0.05) is 43.5 Å². The summed E-state index contributed by atoms with van der Waals surface area (Å²) in [7, 11) is 0. The summed E-state index contributed by atoms with van der Waals surface area (Å²) in [5.41, 5.74) is 2.98. The zero-order chi connectivity index (χ0) is 15.2. The van der Waals surface area contributed by atoms with E-state index < -0.39 is 0 Å². The Morgan fingerprint density at radius 1 is 1.57 bits per heavy atom. The van der Waals surface area contributed by atoms with E-state index in [9.17, 15) is 4.39 Å². The number of anilines is 1. The van der Waals surface area contributed by atoms with Gasteiger partial charge in [-0.05, 0) is 26.0 Å². The van der Waals surface area contributed by atoms with Crippen LogP contribution >= 0.6 is 0 Å². The molecule has 1 aromatic rings. The highest BCUT2D eigenvalue weighted by Crippen LogP contribution is 2.19. The Labute approximate surface area is 125 Å². The second-order valence-electron chi connectivity index (χ2n) is 4.89. The van der Waals surface area contributed by atoms with Crippen molar-refractivity contribution in [2.75, 3.05) is 18.0 Å². The monoisotopic (exact) mass is 288 g/mol. The van der Waals surface area contributed by atoms with E-state index >= 15 is 0 Å². The molecule has 1 N–H and O–H groups in total. The van der Waals surface area contributed by atoms with Crippen molar-refractivity contribution in [3.63, 3.8) is 0 Å². The van der Waals surface area contributed by atoms with Gasteiger partial charge in [0.15, 0.2) is 0 Å². The Morgan fingerprint density at radius 2 is 2.38 bits per heavy atom. The van der Waals surface area contributed by atoms with E-state index in [-0.39, 0.29) is 5.83 Å². The number of fused-ring (bicyclic) bond motifs is 1. The Bertz CT molecular complexity index is 578. The molecule has 0 aromatic carbocycles. The summed E-state index contributed by atoms with van der Waals surface area (Å²) in [6.45, 7) is 9.76. The predicted octanol–water partition coefficient (Wildman–Crippen LogP) is 2.89. The van der Waals surface area contributed by atoms with Crippen LogP contribution in [-0.4, -0.2) is 23.1 Å². The molecule has 0 bridgehead atoms. The fourth-order valence-corrected chi connectivity index (χ4v) is 2.34. The van der Waals surface area contributed by atoms with Crippen LogP contribution in [0.15, 0.2) is 42.5 Å². The van der Waals surface area contributed by atoms with E-state index in [0.29, 0.717) is 12.5 Å². The molecule has 1 aliphatic rings. The molecule has 0 unspecified atom stereocenters. The van der Waals surface area contributed by atoms with E-state index in [1.807, 2.05) is 24.9 Å². The van der Waals surface area contributed by atoms with Crippen LogP contribution in [0.25, 0.3) is 0 Å². The second-order valence-corrected chi connectivity index (χ2v) is 4.89. The number of aromatic nitrogens is 2. The zero-order valence-electron chi connectivity index (χ0n) is 12.6. The van der Waals surface area contributed by atoms with Crippen LogP contribution in [0.5, 0.6) is 0 Å². The van der Waals surface area contributed by atoms with Crippen molar-refractivity contribution in [1.29, 1.82) is 0 Å². The lowest BCUT2D eigenvalue weighted by Gasteiger charge is -2.24. The fraction of sp³-hybridized carbons (Fsp3) is 0.375. The number of hydrogen-bond acceptors (Lipinski definition) is 4. The van der Waals surface area contributed by atoms with Crippen molar-refractivity contribution in [2.45, 2.75) is 26.8 Å². The van der Waals surface area contributed by atoms with Gasteiger partial charge in [0.25, 0.3) is 0 Å². The van der Waals surface area contributed by atoms with Crippen LogP contribution in [0, 0.1) is 0 Å². The summed E-state index contributed by atoms with van der Waals surface area (Å²) in [5, 5.41) is 3.30. The van der Waals surface area contributed by atoms with Crippen LogP contribution in [0.2, 0.25) is 0 Å². The third-order valence-electron chi connectivity index (χ3n) is 3.40. The van der Waals surface area contributed by atoms with Crippen LogP contribution in [0.4, 0.5) is 10.3 Å². The molecule has 0 spiro atoms. The van der Waals surface area contributed by atoms with Gasteiger partial charge in [-0.1, -0.05) is 12.7 Å². The predicted molar refractivity (Wildman–Crippen MR) is 83.6 cm³/mol. The lowest BCUT2D eigenvalue weighted by atomic mass is 10.1. The molecule has 5 heteroatoms. The van der Waals surface area contributed by atoms with Crippen LogP contribution in [0.1, 0.15) is 25.1 Å². The lowest BCUT2D eigenvalue weighted by molar-refractivity contribution is 0.624. The topological polar surface area (TPSA) is 41.1 Å². The number of nitrogens with zero attached hydrogens (tertiary/aromatic N) is 3. The average Bonchev–Trinajstić information content (AvgIpc) is 2.48. The second kappa shape index (κ2) is 7.13. The normalized spacial score (nSPS) is 15.6. The first-order chi connectivity index (χ1) is 10.2. The number of hydrogen-bond donors (Lipinski definition) is 1. The average molecular weight is 288 g/mol. The smallest absolute Gasteiger partial charge is 0.229 e. The quantitative estimate of drug-likeness (QED) is 0.846. The number of allylic oxidation sites excluding steroid dienone is 5. The van der Waals surface area contributed by atoms with Gasteiger partial charge < -0.3 is 10.2 Å². The summed E-state index contributed by atoms with van der Waals surface area (Å²) in [6, 6.07) is 0. The van der Waals surface area contributed by atoms with Crippen LogP contribution in [0.3, 0.4) is 0 Å². The Hall–Kier alpha value is -2.01. The van der Waals surface area contributed by atoms with E-state index in [0.717, 1.165) is 36.5 Å². The molecule has 112 valence electrons. The Kier molecular flexibility index (Phi) is 5.22. The number of nitrogens with one attached hydrogen (secondary N) is 1. The minimum Gasteiger partial charge on any atom is -0.315 e. The minimum absolute atomic E-state index is 0.330. The first-order valence-corrected chi connectivity index (χ1v) is 7.15. The minimum atomic E-state index is -0.330. The van der Waals surface area contributed by atoms with Gasteiger partial charge in [-0.25, -0.2) is 14.4 Å². The number of rotatable bonds is 5. The van der Waals surface area contributed by atoms with E-state index in [1.54, 1.807) is 0 Å². The zero-order valence-corrected chi connectivity index (χ0v) is 12.6. The third kappa shape index (κ3) is 3.76. The summed E-state index contributed by atoms with van der Waals surface area (Å²) in [4.78, 5) is 10.9. The molecule has 4 nitrogen and oxygen atoms in total. The van der Waals surface area contributed by atoms with Gasteiger partial charge in [0.2, 0.25) is 5.95 Å². The molecule has 0 fully saturated rings. The Morgan fingerprint density at radius 3 is 3.10 bits per heavy atom. The maximum atomic E-state index is 13.6. The van der Waals surface area contributed by atoms with Gasteiger partial charge in [0.05, 0.1) is 5.69 Å². The van der Waals surface area contributed by atoms with E-state index in [4.69, 9.17) is 0 Å². The summed E-state index contributed by atoms with van der Waals surface area (Å²) in [5.74, 6) is 0.293. The van der Waals surface area contributed by atoms with E-state index in [1.165, 1.54) is 18.2 Å². The standard InChI is InChI=1S/C16H21FN4/c1-4-6-14(17)9-12(3)21(5-2)16-19-11-13-10-18-8-7-15(13)20-16/h4,6,9,11,18H,1,5,7-8,10H2,2-3H3/b12-9+,14-6+. The summed E-state index contributed by atoms with van der Waals surface area (Å²) < 4.78 is 13.6. The molecular formula is C16H21FN4. The molecule has 21 heavy (non-hydrogen) atoms. The van der Waals surface area contributed by atoms with Crippen molar-refractivity contribution < 1.29 is 4.39 Å². The maximum Gasteiger partial charge on any atom is 0.229 e. The highest BCUT2D eigenvalue weighted by molar-refractivity contribution is 5.42. The van der Waals surface area contributed by atoms with E-state index in [2.05, 4.69) is 21.9 Å². The first kappa shape index (κ1) is 15.4. The lowest BCUT2D eigenvalue weighted by Crippen LogP contribution is -2.28. The van der Waals surface area contributed by atoms with Gasteiger partial charge >= 0.3 is 0 Å². The molecular weight excluding hydrogens is 267 g/mol. The molecule has 2 rings (SSSR count). The molecule has 0 saturated carbocycles. The molecule has 0 saturated heterocycles. The molecule has 0 atom stereocenters. The van der Waals surface area contributed by atoms with Crippen molar-refractivity contribution in [3.05, 3.63) is 53.8 Å².